The Balaban J connectivity index is 1.25. The number of hydrogen-bond donors (Lipinski definition) is 3. The smallest absolute Gasteiger partial charge is 0.255 e. The first-order valence-corrected chi connectivity index (χ1v) is 10.6. The van der Waals surface area contributed by atoms with E-state index in [4.69, 9.17) is 4.74 Å². The first-order valence-electron chi connectivity index (χ1n) is 10.6. The van der Waals surface area contributed by atoms with Gasteiger partial charge < -0.3 is 20.3 Å². The number of anilines is 2. The van der Waals surface area contributed by atoms with Crippen molar-refractivity contribution in [3.8, 4) is 5.75 Å². The Morgan fingerprint density at radius 2 is 2.03 bits per heavy atom. The predicted molar refractivity (Wildman–Crippen MR) is 115 cm³/mol. The van der Waals surface area contributed by atoms with Crippen molar-refractivity contribution in [3.63, 3.8) is 0 Å². The van der Waals surface area contributed by atoms with E-state index in [0.29, 0.717) is 30.0 Å². The molecule has 3 N–H and O–H groups in total. The van der Waals surface area contributed by atoms with Crippen molar-refractivity contribution in [1.29, 1.82) is 0 Å². The number of nitrogens with one attached hydrogen (secondary N) is 3. The number of benzene rings is 2. The van der Waals surface area contributed by atoms with Crippen LogP contribution in [0, 0.1) is 0 Å². The van der Waals surface area contributed by atoms with Crippen LogP contribution < -0.4 is 20.7 Å². The molecule has 1 fully saturated rings. The summed E-state index contributed by atoms with van der Waals surface area (Å²) in [5.41, 5.74) is 3.69. The molecule has 2 aromatic rings. The molecule has 0 saturated carbocycles. The average Bonchev–Trinajstić information content (AvgIpc) is 3.37. The molecule has 9 heteroatoms. The van der Waals surface area contributed by atoms with Gasteiger partial charge >= 0.3 is 0 Å². The van der Waals surface area contributed by atoms with Gasteiger partial charge in [-0.3, -0.25) is 24.5 Å². The Bertz CT molecular complexity index is 1150. The normalized spacial score (nSPS) is 19.2. The fourth-order valence-electron chi connectivity index (χ4n) is 4.40. The van der Waals surface area contributed by atoms with Gasteiger partial charge in [-0.05, 0) is 42.3 Å². The number of rotatable bonds is 5. The van der Waals surface area contributed by atoms with Crippen molar-refractivity contribution >= 4 is 35.0 Å². The van der Waals surface area contributed by atoms with Crippen LogP contribution >= 0.6 is 0 Å². The van der Waals surface area contributed by atoms with Crippen LogP contribution in [0.25, 0.3) is 0 Å². The van der Waals surface area contributed by atoms with E-state index >= 15 is 0 Å². The number of carbonyl (C=O) groups excluding carboxylic acids is 4. The molecule has 3 heterocycles. The van der Waals surface area contributed by atoms with E-state index < -0.39 is 11.9 Å². The minimum Gasteiger partial charge on any atom is -0.493 e. The van der Waals surface area contributed by atoms with E-state index in [9.17, 15) is 19.2 Å². The molecule has 1 saturated heterocycles. The maximum atomic E-state index is 12.9. The predicted octanol–water partition coefficient (Wildman–Crippen LogP) is 1.43. The topological polar surface area (TPSA) is 117 Å². The first-order chi connectivity index (χ1) is 15.5. The molecule has 164 valence electrons. The largest absolute Gasteiger partial charge is 0.493 e. The fourth-order valence-corrected chi connectivity index (χ4v) is 4.40. The van der Waals surface area contributed by atoms with Crippen LogP contribution in [-0.2, 0) is 27.3 Å². The van der Waals surface area contributed by atoms with Gasteiger partial charge in [0.05, 0.1) is 13.2 Å². The Kier molecular flexibility index (Phi) is 5.01. The maximum Gasteiger partial charge on any atom is 0.255 e. The van der Waals surface area contributed by atoms with Gasteiger partial charge in [0, 0.05) is 41.9 Å². The summed E-state index contributed by atoms with van der Waals surface area (Å²) in [6.07, 6.45) is 1.34. The summed E-state index contributed by atoms with van der Waals surface area (Å²) in [5.74, 6) is -0.377. The highest BCUT2D eigenvalue weighted by Gasteiger charge is 2.39. The zero-order valence-corrected chi connectivity index (χ0v) is 17.3. The third-order valence-corrected chi connectivity index (χ3v) is 5.99. The Hall–Kier alpha value is -3.88. The summed E-state index contributed by atoms with van der Waals surface area (Å²) in [6, 6.07) is 10.2. The Labute approximate surface area is 184 Å². The molecule has 0 spiro atoms. The fraction of sp³-hybridized carbons (Fsp3) is 0.304. The van der Waals surface area contributed by atoms with Crippen LogP contribution in [0.3, 0.4) is 0 Å². The molecule has 3 aliphatic rings. The van der Waals surface area contributed by atoms with Crippen molar-refractivity contribution in [3.05, 3.63) is 53.1 Å². The van der Waals surface area contributed by atoms with Crippen molar-refractivity contribution in [2.24, 2.45) is 0 Å². The van der Waals surface area contributed by atoms with Gasteiger partial charge in [-0.2, -0.15) is 0 Å². The molecule has 2 aromatic carbocycles. The number of imide groups is 1. The maximum absolute atomic E-state index is 12.9. The molecule has 4 amide bonds. The zero-order chi connectivity index (χ0) is 22.2. The summed E-state index contributed by atoms with van der Waals surface area (Å²) < 4.78 is 5.48. The number of piperidine rings is 1. The number of carbonyl (C=O) groups is 4. The molecule has 1 atom stereocenters. The highest BCUT2D eigenvalue weighted by atomic mass is 16.5. The van der Waals surface area contributed by atoms with Crippen LogP contribution in [0.15, 0.2) is 36.4 Å². The molecule has 32 heavy (non-hydrogen) atoms. The van der Waals surface area contributed by atoms with Gasteiger partial charge in [0.15, 0.2) is 0 Å². The van der Waals surface area contributed by atoms with E-state index in [0.717, 1.165) is 23.3 Å². The molecule has 5 rings (SSSR count). The van der Waals surface area contributed by atoms with Crippen LogP contribution in [0.2, 0.25) is 0 Å². The molecule has 0 radical (unpaired) electrons. The molecule has 0 aliphatic carbocycles. The van der Waals surface area contributed by atoms with Crippen molar-refractivity contribution < 1.29 is 23.9 Å². The molecule has 0 aromatic heterocycles. The molecular formula is C23H22N4O5. The quantitative estimate of drug-likeness (QED) is 0.613. The second kappa shape index (κ2) is 7.99. The summed E-state index contributed by atoms with van der Waals surface area (Å²) in [4.78, 5) is 50.5. The monoisotopic (exact) mass is 434 g/mol. The lowest BCUT2D eigenvalue weighted by Gasteiger charge is -2.29. The van der Waals surface area contributed by atoms with E-state index in [1.165, 1.54) is 4.90 Å². The van der Waals surface area contributed by atoms with Crippen molar-refractivity contribution in [1.82, 2.24) is 10.2 Å². The van der Waals surface area contributed by atoms with E-state index in [1.807, 2.05) is 12.1 Å². The van der Waals surface area contributed by atoms with Crippen LogP contribution in [-0.4, -0.2) is 47.7 Å². The minimum absolute atomic E-state index is 0.0244. The minimum atomic E-state index is -0.674. The highest BCUT2D eigenvalue weighted by Crippen LogP contribution is 2.32. The van der Waals surface area contributed by atoms with E-state index in [2.05, 4.69) is 16.0 Å². The lowest BCUT2D eigenvalue weighted by Crippen LogP contribution is -2.52. The second-order valence-corrected chi connectivity index (χ2v) is 8.05. The Morgan fingerprint density at radius 3 is 2.88 bits per heavy atom. The van der Waals surface area contributed by atoms with Gasteiger partial charge in [-0.15, -0.1) is 0 Å². The van der Waals surface area contributed by atoms with Gasteiger partial charge in [0.1, 0.15) is 11.8 Å². The zero-order valence-electron chi connectivity index (χ0n) is 17.3. The molecular weight excluding hydrogens is 412 g/mol. The molecule has 9 nitrogen and oxygen atoms in total. The summed E-state index contributed by atoms with van der Waals surface area (Å²) >= 11 is 0. The summed E-state index contributed by atoms with van der Waals surface area (Å²) in [5, 5.41) is 8.28. The van der Waals surface area contributed by atoms with Crippen LogP contribution in [0.1, 0.15) is 34.3 Å². The number of ether oxygens (including phenoxy) is 1. The first kappa shape index (κ1) is 20.0. The van der Waals surface area contributed by atoms with E-state index in [-0.39, 0.29) is 37.2 Å². The third kappa shape index (κ3) is 3.66. The third-order valence-electron chi connectivity index (χ3n) is 5.99. The standard InChI is InChI=1S/C23H22N4O5/c28-20-7-5-18(22(30)26-20)27-12-16-15(23(27)31)2-1-3-17(16)24-11-21(29)25-14-4-6-19-13(10-14)8-9-32-19/h1-4,6,10,18,24H,5,7-9,11-12H2,(H,25,29)(H,26,28,30). The highest BCUT2D eigenvalue weighted by molar-refractivity contribution is 6.06. The summed E-state index contributed by atoms with van der Waals surface area (Å²) in [7, 11) is 0. The molecule has 3 aliphatic heterocycles. The average molecular weight is 434 g/mol. The number of hydrogen-bond acceptors (Lipinski definition) is 6. The van der Waals surface area contributed by atoms with Gasteiger partial charge in [0.2, 0.25) is 17.7 Å². The van der Waals surface area contributed by atoms with Crippen LogP contribution in [0.5, 0.6) is 5.75 Å². The number of amides is 4. The lowest BCUT2D eigenvalue weighted by atomic mass is 10.0. The van der Waals surface area contributed by atoms with Gasteiger partial charge in [-0.1, -0.05) is 6.07 Å². The van der Waals surface area contributed by atoms with Crippen LogP contribution in [0.4, 0.5) is 11.4 Å². The number of fused-ring (bicyclic) bond motifs is 2. The summed E-state index contributed by atoms with van der Waals surface area (Å²) in [6.45, 7) is 0.925. The number of nitrogens with zero attached hydrogens (tertiary/aromatic N) is 1. The SMILES string of the molecule is O=C1CCC(N2Cc3c(NCC(=O)Nc4ccc5c(c4)CCO5)cccc3C2=O)C(=O)N1. The van der Waals surface area contributed by atoms with Crippen molar-refractivity contribution in [2.75, 3.05) is 23.8 Å². The Morgan fingerprint density at radius 1 is 1.16 bits per heavy atom. The lowest BCUT2D eigenvalue weighted by molar-refractivity contribution is -0.137. The van der Waals surface area contributed by atoms with Gasteiger partial charge in [-0.25, -0.2) is 0 Å². The molecule has 1 unspecified atom stereocenters. The van der Waals surface area contributed by atoms with Crippen molar-refractivity contribution in [2.45, 2.75) is 31.8 Å². The molecule has 0 bridgehead atoms. The second-order valence-electron chi connectivity index (χ2n) is 8.05. The van der Waals surface area contributed by atoms with Gasteiger partial charge in [0.25, 0.3) is 5.91 Å². The van der Waals surface area contributed by atoms with E-state index in [1.54, 1.807) is 24.3 Å².